The van der Waals surface area contributed by atoms with E-state index >= 15 is 0 Å². The van der Waals surface area contributed by atoms with Crippen molar-refractivity contribution in [3.63, 3.8) is 0 Å². The summed E-state index contributed by atoms with van der Waals surface area (Å²) in [6.07, 6.45) is 0.907. The molecule has 2 unspecified atom stereocenters. The van der Waals surface area contributed by atoms with Crippen LogP contribution in [0.15, 0.2) is 18.2 Å². The van der Waals surface area contributed by atoms with E-state index in [4.69, 9.17) is 16.3 Å². The summed E-state index contributed by atoms with van der Waals surface area (Å²) in [5.74, 6) is -0.139. The molecule has 2 rings (SSSR count). The van der Waals surface area contributed by atoms with Crippen LogP contribution in [0.1, 0.15) is 52.6 Å². The van der Waals surface area contributed by atoms with Crippen molar-refractivity contribution in [3.8, 4) is 0 Å². The maximum atomic E-state index is 13.8. The van der Waals surface area contributed by atoms with Crippen LogP contribution in [0, 0.1) is 11.7 Å². The van der Waals surface area contributed by atoms with E-state index in [1.54, 1.807) is 6.07 Å². The Labute approximate surface area is 132 Å². The zero-order valence-corrected chi connectivity index (χ0v) is 14.2. The fourth-order valence-electron chi connectivity index (χ4n) is 3.57. The number of hydrogen-bond acceptors (Lipinski definition) is 2. The highest BCUT2D eigenvalue weighted by atomic mass is 35.5. The second-order valence-corrected chi connectivity index (χ2v) is 7.33. The third-order valence-electron chi connectivity index (χ3n) is 4.29. The van der Waals surface area contributed by atoms with Gasteiger partial charge in [-0.2, -0.15) is 0 Å². The molecule has 2 atom stereocenters. The fourth-order valence-corrected chi connectivity index (χ4v) is 3.82. The van der Waals surface area contributed by atoms with E-state index in [1.165, 1.54) is 6.07 Å². The van der Waals surface area contributed by atoms with Gasteiger partial charge in [-0.1, -0.05) is 30.7 Å². The van der Waals surface area contributed by atoms with Crippen molar-refractivity contribution in [2.45, 2.75) is 58.3 Å². The Morgan fingerprint density at radius 1 is 1.38 bits per heavy atom. The first-order valence-corrected chi connectivity index (χ1v) is 7.93. The minimum atomic E-state index is -0.368. The van der Waals surface area contributed by atoms with Crippen LogP contribution in [0.4, 0.5) is 4.39 Å². The van der Waals surface area contributed by atoms with Crippen molar-refractivity contribution in [2.24, 2.45) is 5.92 Å². The second-order valence-electron chi connectivity index (χ2n) is 6.95. The molecule has 2 nitrogen and oxygen atoms in total. The third kappa shape index (κ3) is 3.41. The van der Waals surface area contributed by atoms with Crippen LogP contribution in [0.3, 0.4) is 0 Å². The summed E-state index contributed by atoms with van der Waals surface area (Å²) in [6.45, 7) is 11.3. The van der Waals surface area contributed by atoms with Gasteiger partial charge in [0.15, 0.2) is 0 Å². The molecule has 0 aromatic heterocycles. The molecule has 1 aliphatic rings. The number of ether oxygens (including phenoxy) is 1. The summed E-state index contributed by atoms with van der Waals surface area (Å²) in [7, 11) is 0. The largest absolute Gasteiger partial charge is 0.369 e. The van der Waals surface area contributed by atoms with Gasteiger partial charge in [0.2, 0.25) is 0 Å². The molecule has 21 heavy (non-hydrogen) atoms. The van der Waals surface area contributed by atoms with E-state index < -0.39 is 0 Å². The van der Waals surface area contributed by atoms with Crippen molar-refractivity contribution in [2.75, 3.05) is 6.54 Å². The lowest BCUT2D eigenvalue weighted by molar-refractivity contribution is -0.0778. The minimum Gasteiger partial charge on any atom is -0.369 e. The molecule has 1 aromatic rings. The standard InChI is InChI=1S/C17H25ClFNO/c1-6-20-15(11-8-7-9-13(19)14(11)18)12-10-16(2,3)21-17(12,4)5/h7-9,12,15,20H,6,10H2,1-5H3. The van der Waals surface area contributed by atoms with Crippen molar-refractivity contribution >= 4 is 11.6 Å². The Bertz CT molecular complexity index is 516. The molecule has 1 aliphatic heterocycles. The Morgan fingerprint density at radius 3 is 2.57 bits per heavy atom. The van der Waals surface area contributed by atoms with Crippen LogP contribution < -0.4 is 5.32 Å². The smallest absolute Gasteiger partial charge is 0.142 e. The SMILES string of the molecule is CCNC(c1cccc(F)c1Cl)C1CC(C)(C)OC1(C)C. The van der Waals surface area contributed by atoms with Crippen LogP contribution in [-0.2, 0) is 4.74 Å². The van der Waals surface area contributed by atoms with Crippen LogP contribution >= 0.6 is 11.6 Å². The molecule has 0 aliphatic carbocycles. The molecular weight excluding hydrogens is 289 g/mol. The molecule has 4 heteroatoms. The van der Waals surface area contributed by atoms with Gasteiger partial charge in [0.25, 0.3) is 0 Å². The molecule has 118 valence electrons. The molecule has 1 N–H and O–H groups in total. The third-order valence-corrected chi connectivity index (χ3v) is 4.69. The van der Waals surface area contributed by atoms with E-state index in [1.807, 2.05) is 13.0 Å². The minimum absolute atomic E-state index is 0.0185. The summed E-state index contributed by atoms with van der Waals surface area (Å²) >= 11 is 6.21. The molecule has 1 aromatic carbocycles. The monoisotopic (exact) mass is 313 g/mol. The first-order valence-electron chi connectivity index (χ1n) is 7.55. The van der Waals surface area contributed by atoms with Gasteiger partial charge in [0, 0.05) is 12.0 Å². The molecule has 1 fully saturated rings. The molecule has 0 bridgehead atoms. The van der Waals surface area contributed by atoms with Crippen molar-refractivity contribution in [1.29, 1.82) is 0 Å². The van der Waals surface area contributed by atoms with E-state index in [2.05, 4.69) is 33.0 Å². The quantitative estimate of drug-likeness (QED) is 0.868. The molecule has 0 amide bonds. The van der Waals surface area contributed by atoms with Gasteiger partial charge in [0.1, 0.15) is 5.82 Å². The van der Waals surface area contributed by atoms with E-state index in [9.17, 15) is 4.39 Å². The van der Waals surface area contributed by atoms with Gasteiger partial charge in [-0.25, -0.2) is 4.39 Å². The Balaban J connectivity index is 2.42. The summed E-state index contributed by atoms with van der Waals surface area (Å²) in [4.78, 5) is 0. The first kappa shape index (κ1) is 16.7. The number of rotatable bonds is 4. The number of nitrogens with one attached hydrogen (secondary N) is 1. The van der Waals surface area contributed by atoms with E-state index in [0.717, 1.165) is 18.5 Å². The topological polar surface area (TPSA) is 21.3 Å². The average molecular weight is 314 g/mol. The van der Waals surface area contributed by atoms with Crippen molar-refractivity contribution in [3.05, 3.63) is 34.6 Å². The zero-order valence-electron chi connectivity index (χ0n) is 13.5. The Hall–Kier alpha value is -0.640. The Morgan fingerprint density at radius 2 is 2.05 bits per heavy atom. The van der Waals surface area contributed by atoms with Gasteiger partial charge in [-0.05, 0) is 52.3 Å². The highest BCUT2D eigenvalue weighted by Gasteiger charge is 2.49. The van der Waals surface area contributed by atoms with Crippen LogP contribution in [0.2, 0.25) is 5.02 Å². The number of benzene rings is 1. The van der Waals surface area contributed by atoms with E-state index in [-0.39, 0.29) is 34.0 Å². The number of hydrogen-bond donors (Lipinski definition) is 1. The average Bonchev–Trinajstić information content (AvgIpc) is 2.58. The molecule has 0 radical (unpaired) electrons. The van der Waals surface area contributed by atoms with Crippen molar-refractivity contribution < 1.29 is 9.13 Å². The molecule has 1 saturated heterocycles. The summed E-state index contributed by atoms with van der Waals surface area (Å²) in [5.41, 5.74) is 0.353. The van der Waals surface area contributed by atoms with Gasteiger partial charge >= 0.3 is 0 Å². The lowest BCUT2D eigenvalue weighted by atomic mass is 9.79. The number of halogens is 2. The predicted octanol–water partition coefficient (Wildman–Crippen LogP) is 4.72. The zero-order chi connectivity index (χ0) is 15.8. The van der Waals surface area contributed by atoms with Gasteiger partial charge < -0.3 is 10.1 Å². The maximum absolute atomic E-state index is 13.8. The van der Waals surface area contributed by atoms with Gasteiger partial charge in [-0.15, -0.1) is 0 Å². The normalized spacial score (nSPS) is 25.0. The maximum Gasteiger partial charge on any atom is 0.142 e. The molecular formula is C17H25ClFNO. The molecule has 0 saturated carbocycles. The van der Waals surface area contributed by atoms with Crippen LogP contribution in [-0.4, -0.2) is 17.7 Å². The highest BCUT2D eigenvalue weighted by Crippen LogP contribution is 2.48. The van der Waals surface area contributed by atoms with Crippen molar-refractivity contribution in [1.82, 2.24) is 5.32 Å². The lowest BCUT2D eigenvalue weighted by Crippen LogP contribution is -2.38. The lowest BCUT2D eigenvalue weighted by Gasteiger charge is -2.34. The van der Waals surface area contributed by atoms with Gasteiger partial charge in [-0.3, -0.25) is 0 Å². The van der Waals surface area contributed by atoms with Crippen LogP contribution in [0.5, 0.6) is 0 Å². The second kappa shape index (κ2) is 5.86. The molecule has 1 heterocycles. The first-order chi connectivity index (χ1) is 9.68. The van der Waals surface area contributed by atoms with E-state index in [0.29, 0.717) is 0 Å². The summed E-state index contributed by atoms with van der Waals surface area (Å²) < 4.78 is 20.0. The predicted molar refractivity (Wildman–Crippen MR) is 85.2 cm³/mol. The fraction of sp³-hybridized carbons (Fsp3) is 0.647. The summed E-state index contributed by atoms with van der Waals surface area (Å²) in [6, 6.07) is 5.00. The van der Waals surface area contributed by atoms with Gasteiger partial charge in [0.05, 0.1) is 16.2 Å². The molecule has 0 spiro atoms. The summed E-state index contributed by atoms with van der Waals surface area (Å²) in [5, 5.41) is 3.68. The van der Waals surface area contributed by atoms with Crippen LogP contribution in [0.25, 0.3) is 0 Å². The Kier molecular flexibility index (Phi) is 4.67. The highest BCUT2D eigenvalue weighted by molar-refractivity contribution is 6.31.